The highest BCUT2D eigenvalue weighted by atomic mass is 32.2. The summed E-state index contributed by atoms with van der Waals surface area (Å²) in [5.74, 6) is -1.25. The molecule has 1 fully saturated rings. The molecule has 0 saturated carbocycles. The third-order valence-electron chi connectivity index (χ3n) is 5.06. The number of rotatable bonds is 4. The summed E-state index contributed by atoms with van der Waals surface area (Å²) in [6.07, 6.45) is 1.70. The van der Waals surface area contributed by atoms with Gasteiger partial charge >= 0.3 is 0 Å². The van der Waals surface area contributed by atoms with Gasteiger partial charge in [0.1, 0.15) is 0 Å². The van der Waals surface area contributed by atoms with Crippen molar-refractivity contribution in [3.8, 4) is 0 Å². The Labute approximate surface area is 155 Å². The van der Waals surface area contributed by atoms with E-state index in [1.165, 1.54) is 16.5 Å². The first-order chi connectivity index (χ1) is 12.6. The highest BCUT2D eigenvalue weighted by Gasteiger charge is 2.29. The van der Waals surface area contributed by atoms with Gasteiger partial charge in [-0.15, -0.1) is 11.8 Å². The van der Waals surface area contributed by atoms with Crippen LogP contribution in [0.25, 0.3) is 0 Å². The number of halogens is 2. The molecule has 1 N–H and O–H groups in total. The average Bonchev–Trinajstić information content (AvgIpc) is 3.28. The maximum atomic E-state index is 13.4. The Hall–Kier alpha value is -2.08. The summed E-state index contributed by atoms with van der Waals surface area (Å²) in [5, 5.41) is 3.01. The third-order valence-corrected chi connectivity index (χ3v) is 6.38. The van der Waals surface area contributed by atoms with Gasteiger partial charge < -0.3 is 10.2 Å². The van der Waals surface area contributed by atoms with Crippen molar-refractivity contribution in [3.63, 3.8) is 0 Å². The lowest BCUT2D eigenvalue weighted by Gasteiger charge is -2.19. The van der Waals surface area contributed by atoms with Gasteiger partial charge in [0.15, 0.2) is 11.6 Å². The van der Waals surface area contributed by atoms with E-state index in [0.717, 1.165) is 32.0 Å². The number of amides is 1. The summed E-state index contributed by atoms with van der Waals surface area (Å²) in [5.41, 5.74) is 1.93. The minimum atomic E-state index is -0.827. The van der Waals surface area contributed by atoms with Crippen LogP contribution in [0.2, 0.25) is 0 Å². The summed E-state index contributed by atoms with van der Waals surface area (Å²) in [6, 6.07) is 12.1. The molecule has 2 aliphatic heterocycles. The molecule has 4 rings (SSSR count). The summed E-state index contributed by atoms with van der Waals surface area (Å²) in [6.45, 7) is 2.14. The lowest BCUT2D eigenvalue weighted by molar-refractivity contribution is -0.120. The molecule has 2 unspecified atom stereocenters. The van der Waals surface area contributed by atoms with Crippen LogP contribution < -0.4 is 10.2 Å². The number of carbonyl (C=O) groups is 1. The van der Waals surface area contributed by atoms with Gasteiger partial charge in [0, 0.05) is 36.3 Å². The Morgan fingerprint density at radius 1 is 1.19 bits per heavy atom. The van der Waals surface area contributed by atoms with Gasteiger partial charge in [-0.05, 0) is 42.5 Å². The van der Waals surface area contributed by atoms with E-state index < -0.39 is 11.6 Å². The Kier molecular flexibility index (Phi) is 4.85. The topological polar surface area (TPSA) is 32.3 Å². The predicted molar refractivity (Wildman–Crippen MR) is 99.5 cm³/mol. The zero-order valence-corrected chi connectivity index (χ0v) is 15.1. The summed E-state index contributed by atoms with van der Waals surface area (Å²) < 4.78 is 26.5. The van der Waals surface area contributed by atoms with Crippen molar-refractivity contribution in [1.82, 2.24) is 5.32 Å². The number of anilines is 1. The van der Waals surface area contributed by atoms with Crippen molar-refractivity contribution >= 4 is 23.4 Å². The smallest absolute Gasteiger partial charge is 0.233 e. The first-order valence-electron chi connectivity index (χ1n) is 8.82. The van der Waals surface area contributed by atoms with Crippen molar-refractivity contribution in [2.24, 2.45) is 5.92 Å². The van der Waals surface area contributed by atoms with Crippen LogP contribution in [0.15, 0.2) is 47.4 Å². The molecule has 2 heterocycles. The zero-order valence-electron chi connectivity index (χ0n) is 14.3. The normalized spacial score (nSPS) is 21.7. The van der Waals surface area contributed by atoms with E-state index in [1.54, 1.807) is 17.8 Å². The number of benzene rings is 2. The van der Waals surface area contributed by atoms with E-state index in [2.05, 4.69) is 17.4 Å². The Bertz CT molecular complexity index is 804. The Balaban J connectivity index is 1.28. The second kappa shape index (κ2) is 7.27. The Morgan fingerprint density at radius 2 is 2.04 bits per heavy atom. The van der Waals surface area contributed by atoms with Gasteiger partial charge in [0.05, 0.1) is 5.25 Å². The number of thioether (sulfide) groups is 1. The maximum absolute atomic E-state index is 13.4. The first-order valence-corrected chi connectivity index (χ1v) is 9.70. The summed E-state index contributed by atoms with van der Waals surface area (Å²) in [7, 11) is 0. The summed E-state index contributed by atoms with van der Waals surface area (Å²) in [4.78, 5) is 15.7. The van der Waals surface area contributed by atoms with Gasteiger partial charge in [-0.1, -0.05) is 18.2 Å². The van der Waals surface area contributed by atoms with E-state index in [9.17, 15) is 13.6 Å². The molecular formula is C20H20F2N2OS. The standard InChI is InChI=1S/C20H20F2N2OS/c21-16-6-5-15(10-17(16)22)24-8-7-13(12-24)11-23-20(25)19-9-14-3-1-2-4-18(14)26-19/h1-6,10,13,19H,7-9,11-12H2,(H,23,25). The van der Waals surface area contributed by atoms with Crippen molar-refractivity contribution < 1.29 is 13.6 Å². The van der Waals surface area contributed by atoms with E-state index in [1.807, 2.05) is 17.0 Å². The lowest BCUT2D eigenvalue weighted by Crippen LogP contribution is -2.36. The van der Waals surface area contributed by atoms with Gasteiger partial charge in [-0.3, -0.25) is 4.79 Å². The van der Waals surface area contributed by atoms with E-state index in [4.69, 9.17) is 0 Å². The number of fused-ring (bicyclic) bond motifs is 1. The minimum Gasteiger partial charge on any atom is -0.371 e. The molecule has 26 heavy (non-hydrogen) atoms. The molecule has 0 aliphatic carbocycles. The molecule has 0 spiro atoms. The SMILES string of the molecule is O=C(NCC1CCN(c2ccc(F)c(F)c2)C1)C1Cc2ccccc2S1. The molecule has 0 radical (unpaired) electrons. The fourth-order valence-electron chi connectivity index (χ4n) is 3.60. The second-order valence-electron chi connectivity index (χ2n) is 6.86. The van der Waals surface area contributed by atoms with Crippen LogP contribution >= 0.6 is 11.8 Å². The molecule has 1 amide bonds. The monoisotopic (exact) mass is 374 g/mol. The molecular weight excluding hydrogens is 354 g/mol. The number of hydrogen-bond donors (Lipinski definition) is 1. The third kappa shape index (κ3) is 3.56. The molecule has 2 aromatic rings. The number of nitrogens with one attached hydrogen (secondary N) is 1. The van der Waals surface area contributed by atoms with E-state index >= 15 is 0 Å². The molecule has 0 bridgehead atoms. The maximum Gasteiger partial charge on any atom is 0.233 e. The van der Waals surface area contributed by atoms with Gasteiger partial charge in [0.25, 0.3) is 0 Å². The molecule has 0 aromatic heterocycles. The average molecular weight is 374 g/mol. The second-order valence-corrected chi connectivity index (χ2v) is 8.11. The number of hydrogen-bond acceptors (Lipinski definition) is 3. The zero-order chi connectivity index (χ0) is 18.1. The van der Waals surface area contributed by atoms with Crippen LogP contribution in [0.3, 0.4) is 0 Å². The van der Waals surface area contributed by atoms with Gasteiger partial charge in [0.2, 0.25) is 5.91 Å². The van der Waals surface area contributed by atoms with Crippen molar-refractivity contribution in [2.45, 2.75) is 23.0 Å². The van der Waals surface area contributed by atoms with Gasteiger partial charge in [-0.25, -0.2) is 8.78 Å². The van der Waals surface area contributed by atoms with Crippen LogP contribution in [0, 0.1) is 17.6 Å². The predicted octanol–water partition coefficient (Wildman–Crippen LogP) is 3.62. The first kappa shape index (κ1) is 17.3. The van der Waals surface area contributed by atoms with Crippen LogP contribution in [-0.2, 0) is 11.2 Å². The molecule has 2 aromatic carbocycles. The molecule has 136 valence electrons. The Morgan fingerprint density at radius 3 is 2.85 bits per heavy atom. The van der Waals surface area contributed by atoms with E-state index in [0.29, 0.717) is 18.2 Å². The van der Waals surface area contributed by atoms with Crippen molar-refractivity contribution in [1.29, 1.82) is 0 Å². The lowest BCUT2D eigenvalue weighted by atomic mass is 10.1. The molecule has 2 atom stereocenters. The molecule has 6 heteroatoms. The largest absolute Gasteiger partial charge is 0.371 e. The van der Waals surface area contributed by atoms with Crippen LogP contribution in [0.1, 0.15) is 12.0 Å². The minimum absolute atomic E-state index is 0.0592. The van der Waals surface area contributed by atoms with E-state index in [-0.39, 0.29) is 11.2 Å². The molecule has 3 nitrogen and oxygen atoms in total. The highest BCUT2D eigenvalue weighted by molar-refractivity contribution is 8.01. The van der Waals surface area contributed by atoms with Crippen LogP contribution in [0.5, 0.6) is 0 Å². The fraction of sp³-hybridized carbons (Fsp3) is 0.350. The van der Waals surface area contributed by atoms with Crippen molar-refractivity contribution in [2.75, 3.05) is 24.5 Å². The van der Waals surface area contributed by atoms with Crippen LogP contribution in [-0.4, -0.2) is 30.8 Å². The number of nitrogens with zero attached hydrogens (tertiary/aromatic N) is 1. The highest BCUT2D eigenvalue weighted by Crippen LogP contribution is 2.36. The van der Waals surface area contributed by atoms with Crippen molar-refractivity contribution in [3.05, 3.63) is 59.7 Å². The molecule has 2 aliphatic rings. The fourth-order valence-corrected chi connectivity index (χ4v) is 4.82. The van der Waals surface area contributed by atoms with Gasteiger partial charge in [-0.2, -0.15) is 0 Å². The number of carbonyl (C=O) groups excluding carboxylic acids is 1. The summed E-state index contributed by atoms with van der Waals surface area (Å²) >= 11 is 1.63. The quantitative estimate of drug-likeness (QED) is 0.887. The molecule has 1 saturated heterocycles. The van der Waals surface area contributed by atoms with Crippen LogP contribution in [0.4, 0.5) is 14.5 Å².